The van der Waals surface area contributed by atoms with Crippen LogP contribution in [-0.2, 0) is 13.6 Å². The monoisotopic (exact) mass is 248 g/mol. The molecule has 2 aromatic rings. The Bertz CT molecular complexity index is 582. The summed E-state index contributed by atoms with van der Waals surface area (Å²) in [6.45, 7) is 4.47. The van der Waals surface area contributed by atoms with Gasteiger partial charge in [0.25, 0.3) is 5.91 Å². The van der Waals surface area contributed by atoms with Gasteiger partial charge in [0.15, 0.2) is 5.69 Å². The topological polar surface area (TPSA) is 90.8 Å². The van der Waals surface area contributed by atoms with Crippen molar-refractivity contribution in [2.75, 3.05) is 11.1 Å². The van der Waals surface area contributed by atoms with Crippen molar-refractivity contribution < 1.29 is 4.79 Å². The number of anilines is 2. The highest BCUT2D eigenvalue weighted by molar-refractivity contribution is 6.06. The second-order valence-corrected chi connectivity index (χ2v) is 4.01. The van der Waals surface area contributed by atoms with E-state index in [0.717, 1.165) is 5.69 Å². The van der Waals surface area contributed by atoms with Gasteiger partial charge in [-0.15, -0.1) is 0 Å². The van der Waals surface area contributed by atoms with Crippen molar-refractivity contribution in [1.82, 2.24) is 19.6 Å². The molecule has 2 heterocycles. The van der Waals surface area contributed by atoms with Crippen LogP contribution < -0.4 is 11.1 Å². The fraction of sp³-hybridized carbons (Fsp3) is 0.364. The number of hydrogen-bond donors (Lipinski definition) is 2. The van der Waals surface area contributed by atoms with E-state index in [1.54, 1.807) is 21.8 Å². The van der Waals surface area contributed by atoms with E-state index in [0.29, 0.717) is 17.9 Å². The van der Waals surface area contributed by atoms with Crippen LogP contribution in [-0.4, -0.2) is 25.5 Å². The summed E-state index contributed by atoms with van der Waals surface area (Å²) in [4.78, 5) is 12.0. The number of aromatic nitrogens is 4. The Morgan fingerprint density at radius 2 is 2.28 bits per heavy atom. The van der Waals surface area contributed by atoms with Crippen LogP contribution >= 0.6 is 0 Å². The lowest BCUT2D eigenvalue weighted by Crippen LogP contribution is -2.15. The first kappa shape index (κ1) is 12.2. The van der Waals surface area contributed by atoms with E-state index in [1.807, 2.05) is 20.9 Å². The summed E-state index contributed by atoms with van der Waals surface area (Å²) in [5.41, 5.74) is 7.89. The molecule has 1 amide bonds. The Morgan fingerprint density at radius 3 is 2.78 bits per heavy atom. The average Bonchev–Trinajstić information content (AvgIpc) is 2.86. The van der Waals surface area contributed by atoms with Gasteiger partial charge in [-0.25, -0.2) is 0 Å². The van der Waals surface area contributed by atoms with Crippen molar-refractivity contribution in [1.29, 1.82) is 0 Å². The molecule has 0 saturated carbocycles. The number of nitrogens with one attached hydrogen (secondary N) is 1. The fourth-order valence-electron chi connectivity index (χ4n) is 1.58. The van der Waals surface area contributed by atoms with Gasteiger partial charge in [0, 0.05) is 19.8 Å². The van der Waals surface area contributed by atoms with Crippen LogP contribution in [0.2, 0.25) is 0 Å². The molecule has 0 fully saturated rings. The van der Waals surface area contributed by atoms with Gasteiger partial charge in [-0.2, -0.15) is 10.2 Å². The molecule has 0 unspecified atom stereocenters. The summed E-state index contributed by atoms with van der Waals surface area (Å²) < 4.78 is 3.31. The number of nitrogens with zero attached hydrogens (tertiary/aromatic N) is 4. The van der Waals surface area contributed by atoms with Gasteiger partial charge >= 0.3 is 0 Å². The lowest BCUT2D eigenvalue weighted by molar-refractivity contribution is 0.102. The highest BCUT2D eigenvalue weighted by atomic mass is 16.2. The molecule has 7 nitrogen and oxygen atoms in total. The molecule has 2 rings (SSSR count). The molecule has 0 saturated heterocycles. The van der Waals surface area contributed by atoms with E-state index >= 15 is 0 Å². The third-order valence-corrected chi connectivity index (χ3v) is 2.81. The predicted molar refractivity (Wildman–Crippen MR) is 68.2 cm³/mol. The number of aryl methyl sites for hydroxylation is 2. The summed E-state index contributed by atoms with van der Waals surface area (Å²) in [6, 6.07) is 0. The Labute approximate surface area is 105 Å². The molecule has 2 aromatic heterocycles. The molecule has 0 spiro atoms. The number of carbonyl (C=O) groups is 1. The van der Waals surface area contributed by atoms with E-state index in [2.05, 4.69) is 15.5 Å². The first-order valence-corrected chi connectivity index (χ1v) is 5.65. The number of nitrogen functional groups attached to an aromatic ring is 1. The zero-order valence-corrected chi connectivity index (χ0v) is 10.6. The summed E-state index contributed by atoms with van der Waals surface area (Å²) in [5, 5.41) is 10.9. The second-order valence-electron chi connectivity index (χ2n) is 4.01. The Kier molecular flexibility index (Phi) is 3.05. The van der Waals surface area contributed by atoms with Gasteiger partial charge in [-0.3, -0.25) is 14.2 Å². The van der Waals surface area contributed by atoms with Crippen molar-refractivity contribution >= 4 is 17.3 Å². The third-order valence-electron chi connectivity index (χ3n) is 2.81. The normalized spacial score (nSPS) is 10.6. The van der Waals surface area contributed by atoms with Crippen molar-refractivity contribution in [3.63, 3.8) is 0 Å². The first-order chi connectivity index (χ1) is 8.52. The Hall–Kier alpha value is -2.31. The maximum absolute atomic E-state index is 12.0. The molecule has 7 heteroatoms. The van der Waals surface area contributed by atoms with E-state index in [9.17, 15) is 4.79 Å². The second kappa shape index (κ2) is 4.52. The van der Waals surface area contributed by atoms with Crippen LogP contribution in [0.5, 0.6) is 0 Å². The van der Waals surface area contributed by atoms with Gasteiger partial charge in [0.05, 0.1) is 23.3 Å². The van der Waals surface area contributed by atoms with Crippen LogP contribution in [0, 0.1) is 6.92 Å². The van der Waals surface area contributed by atoms with E-state index in [4.69, 9.17) is 5.73 Å². The predicted octanol–water partition coefficient (Wildman–Crippen LogP) is 0.779. The number of carbonyl (C=O) groups excluding carboxylic acids is 1. The summed E-state index contributed by atoms with van der Waals surface area (Å²) in [6.07, 6.45) is 3.24. The number of amides is 1. The molecular weight excluding hydrogens is 232 g/mol. The van der Waals surface area contributed by atoms with Gasteiger partial charge in [0.2, 0.25) is 0 Å². The molecular formula is C11H16N6O. The standard InChI is InChI=1S/C11H16N6O/c1-4-17-6-8(12)10(15-17)11(18)14-9-5-13-16(3)7(9)2/h5-6H,4,12H2,1-3H3,(H,14,18). The van der Waals surface area contributed by atoms with Gasteiger partial charge < -0.3 is 11.1 Å². The quantitative estimate of drug-likeness (QED) is 0.839. The Balaban J connectivity index is 2.21. The van der Waals surface area contributed by atoms with Crippen molar-refractivity contribution in [2.45, 2.75) is 20.4 Å². The zero-order valence-electron chi connectivity index (χ0n) is 10.6. The fourth-order valence-corrected chi connectivity index (χ4v) is 1.58. The summed E-state index contributed by atoms with van der Waals surface area (Å²) in [7, 11) is 1.81. The molecule has 0 aromatic carbocycles. The largest absolute Gasteiger partial charge is 0.396 e. The molecule has 0 aliphatic carbocycles. The molecule has 0 atom stereocenters. The molecule has 18 heavy (non-hydrogen) atoms. The van der Waals surface area contributed by atoms with Crippen LogP contribution in [0.15, 0.2) is 12.4 Å². The maximum Gasteiger partial charge on any atom is 0.278 e. The number of nitrogens with two attached hydrogens (primary N) is 1. The van der Waals surface area contributed by atoms with Crippen LogP contribution in [0.3, 0.4) is 0 Å². The summed E-state index contributed by atoms with van der Waals surface area (Å²) in [5.74, 6) is -0.323. The van der Waals surface area contributed by atoms with Crippen LogP contribution in [0.4, 0.5) is 11.4 Å². The molecule has 0 aliphatic rings. The van der Waals surface area contributed by atoms with E-state index in [1.165, 1.54) is 0 Å². The number of rotatable bonds is 3. The zero-order chi connectivity index (χ0) is 13.3. The number of hydrogen-bond acceptors (Lipinski definition) is 4. The van der Waals surface area contributed by atoms with Gasteiger partial charge in [0.1, 0.15) is 0 Å². The smallest absolute Gasteiger partial charge is 0.278 e. The van der Waals surface area contributed by atoms with E-state index < -0.39 is 0 Å². The van der Waals surface area contributed by atoms with Crippen molar-refractivity contribution in [2.24, 2.45) is 7.05 Å². The van der Waals surface area contributed by atoms with Crippen LogP contribution in [0.1, 0.15) is 23.1 Å². The van der Waals surface area contributed by atoms with E-state index in [-0.39, 0.29) is 11.6 Å². The minimum absolute atomic E-state index is 0.236. The van der Waals surface area contributed by atoms with Crippen LogP contribution in [0.25, 0.3) is 0 Å². The Morgan fingerprint density at radius 1 is 1.56 bits per heavy atom. The molecule has 0 aliphatic heterocycles. The first-order valence-electron chi connectivity index (χ1n) is 5.65. The average molecular weight is 248 g/mol. The highest BCUT2D eigenvalue weighted by Gasteiger charge is 2.16. The van der Waals surface area contributed by atoms with Gasteiger partial charge in [-0.05, 0) is 13.8 Å². The highest BCUT2D eigenvalue weighted by Crippen LogP contribution is 2.15. The molecule has 0 bridgehead atoms. The molecule has 3 N–H and O–H groups in total. The minimum Gasteiger partial charge on any atom is -0.396 e. The minimum atomic E-state index is -0.323. The third kappa shape index (κ3) is 2.06. The summed E-state index contributed by atoms with van der Waals surface area (Å²) >= 11 is 0. The van der Waals surface area contributed by atoms with Crippen molar-refractivity contribution in [3.05, 3.63) is 23.8 Å². The van der Waals surface area contributed by atoms with Crippen molar-refractivity contribution in [3.8, 4) is 0 Å². The SMILES string of the molecule is CCn1cc(N)c(C(=O)Nc2cnn(C)c2C)n1. The lowest BCUT2D eigenvalue weighted by atomic mass is 10.3. The lowest BCUT2D eigenvalue weighted by Gasteiger charge is -2.02. The molecule has 96 valence electrons. The maximum atomic E-state index is 12.0. The van der Waals surface area contributed by atoms with Gasteiger partial charge in [-0.1, -0.05) is 0 Å². The molecule has 0 radical (unpaired) electrons.